The lowest BCUT2D eigenvalue weighted by molar-refractivity contribution is 0.316. The van der Waals surface area contributed by atoms with Gasteiger partial charge in [-0.2, -0.15) is 0 Å². The lowest BCUT2D eigenvalue weighted by Gasteiger charge is -2.38. The summed E-state index contributed by atoms with van der Waals surface area (Å²) in [7, 11) is 2.03. The first kappa shape index (κ1) is 14.1. The number of likely N-dealkylation sites (N-methyl/N-ethyl adjacent to an activating group) is 1. The second-order valence-electron chi connectivity index (χ2n) is 5.93. The van der Waals surface area contributed by atoms with E-state index < -0.39 is 0 Å². The second-order valence-corrected chi connectivity index (χ2v) is 5.93. The zero-order valence-corrected chi connectivity index (χ0v) is 12.5. The molecule has 0 saturated heterocycles. The molecule has 1 fully saturated rings. The molecule has 1 unspecified atom stereocenters. The normalized spacial score (nSPS) is 18.5. The Bertz CT molecular complexity index is 588. The molecule has 3 heteroatoms. The van der Waals surface area contributed by atoms with Gasteiger partial charge in [0.25, 0.3) is 0 Å². The van der Waals surface area contributed by atoms with Gasteiger partial charge in [-0.15, -0.1) is 0 Å². The van der Waals surface area contributed by atoms with Gasteiger partial charge in [-0.3, -0.25) is 0 Å². The minimum atomic E-state index is 0.118. The molecule has 0 bridgehead atoms. The third-order valence-corrected chi connectivity index (χ3v) is 4.87. The first-order valence-electron chi connectivity index (χ1n) is 7.71. The highest BCUT2D eigenvalue weighted by Gasteiger charge is 2.43. The molecule has 3 nitrogen and oxygen atoms in total. The number of aromatic nitrogens is 1. The largest absolute Gasteiger partial charge is 0.383 e. The number of hydrogen-bond acceptors (Lipinski definition) is 3. The van der Waals surface area contributed by atoms with Crippen LogP contribution >= 0.6 is 0 Å². The summed E-state index contributed by atoms with van der Waals surface area (Å²) in [5, 5.41) is 3.52. The van der Waals surface area contributed by atoms with Crippen LogP contribution in [-0.2, 0) is 5.41 Å². The summed E-state index contributed by atoms with van der Waals surface area (Å²) in [6.45, 7) is 0. The number of hydrogen-bond donors (Lipinski definition) is 2. The minimum Gasteiger partial charge on any atom is -0.383 e. The molecule has 110 valence electrons. The Balaban J connectivity index is 2.10. The average molecular weight is 281 g/mol. The molecule has 1 atom stereocenters. The molecule has 1 heterocycles. The van der Waals surface area contributed by atoms with E-state index in [1.807, 2.05) is 13.1 Å². The Morgan fingerprint density at radius 2 is 1.81 bits per heavy atom. The first-order valence-corrected chi connectivity index (χ1v) is 7.71. The Morgan fingerprint density at radius 3 is 2.43 bits per heavy atom. The molecule has 2 aromatic rings. The summed E-state index contributed by atoms with van der Waals surface area (Å²) in [6, 6.07) is 15.1. The van der Waals surface area contributed by atoms with E-state index in [4.69, 9.17) is 5.73 Å². The number of nitrogen functional groups attached to an aromatic ring is 1. The maximum Gasteiger partial charge on any atom is 0.128 e. The van der Waals surface area contributed by atoms with Crippen molar-refractivity contribution in [2.45, 2.75) is 37.1 Å². The van der Waals surface area contributed by atoms with Crippen LogP contribution in [-0.4, -0.2) is 12.0 Å². The Labute approximate surface area is 126 Å². The summed E-state index contributed by atoms with van der Waals surface area (Å²) in [5.41, 5.74) is 8.79. The van der Waals surface area contributed by atoms with Crippen molar-refractivity contribution < 1.29 is 0 Å². The molecule has 21 heavy (non-hydrogen) atoms. The van der Waals surface area contributed by atoms with Crippen molar-refractivity contribution in [1.82, 2.24) is 10.3 Å². The van der Waals surface area contributed by atoms with Gasteiger partial charge in [-0.05, 0) is 31.5 Å². The molecule has 3 rings (SSSR count). The van der Waals surface area contributed by atoms with Crippen molar-refractivity contribution in [3.63, 3.8) is 0 Å². The van der Waals surface area contributed by atoms with Crippen molar-refractivity contribution >= 4 is 5.82 Å². The molecule has 1 aromatic heterocycles. The quantitative estimate of drug-likeness (QED) is 0.902. The highest BCUT2D eigenvalue weighted by molar-refractivity contribution is 5.45. The number of anilines is 1. The number of nitrogens with zero attached hydrogens (tertiary/aromatic N) is 1. The lowest BCUT2D eigenvalue weighted by atomic mass is 9.70. The Kier molecular flexibility index (Phi) is 3.93. The molecule has 0 amide bonds. The maximum absolute atomic E-state index is 6.15. The third kappa shape index (κ3) is 2.42. The molecule has 0 radical (unpaired) electrons. The molecule has 1 aliphatic carbocycles. The van der Waals surface area contributed by atoms with Gasteiger partial charge in [0.2, 0.25) is 0 Å². The van der Waals surface area contributed by atoms with Gasteiger partial charge in [0.15, 0.2) is 0 Å². The van der Waals surface area contributed by atoms with Crippen molar-refractivity contribution in [1.29, 1.82) is 0 Å². The SMILES string of the molecule is CNC(c1cccnc1N)C1(c2ccccc2)CCCC1. The average Bonchev–Trinajstić information content (AvgIpc) is 3.01. The fourth-order valence-electron chi connectivity index (χ4n) is 3.92. The van der Waals surface area contributed by atoms with E-state index in [0.717, 1.165) is 5.56 Å². The van der Waals surface area contributed by atoms with E-state index in [1.165, 1.54) is 31.2 Å². The second kappa shape index (κ2) is 5.86. The zero-order valence-electron chi connectivity index (χ0n) is 12.5. The van der Waals surface area contributed by atoms with E-state index in [-0.39, 0.29) is 11.5 Å². The van der Waals surface area contributed by atoms with Gasteiger partial charge in [0, 0.05) is 23.2 Å². The molecular weight excluding hydrogens is 258 g/mol. The van der Waals surface area contributed by atoms with Gasteiger partial charge in [0.1, 0.15) is 5.82 Å². The molecule has 1 saturated carbocycles. The number of nitrogens with one attached hydrogen (secondary N) is 1. The molecule has 3 N–H and O–H groups in total. The van der Waals surface area contributed by atoms with Gasteiger partial charge >= 0.3 is 0 Å². The highest BCUT2D eigenvalue weighted by Crippen LogP contribution is 2.50. The summed E-state index contributed by atoms with van der Waals surface area (Å²) < 4.78 is 0. The van der Waals surface area contributed by atoms with E-state index in [2.05, 4.69) is 46.7 Å². The predicted octanol–water partition coefficient (Wildman–Crippen LogP) is 3.44. The molecule has 0 aliphatic heterocycles. The van der Waals surface area contributed by atoms with Crippen LogP contribution in [0.5, 0.6) is 0 Å². The van der Waals surface area contributed by atoms with Crippen LogP contribution in [0.2, 0.25) is 0 Å². The topological polar surface area (TPSA) is 50.9 Å². The predicted molar refractivity (Wildman–Crippen MR) is 87.0 cm³/mol. The Hall–Kier alpha value is -1.87. The van der Waals surface area contributed by atoms with Crippen molar-refractivity contribution in [3.05, 3.63) is 59.8 Å². The fraction of sp³-hybridized carbons (Fsp3) is 0.389. The van der Waals surface area contributed by atoms with E-state index in [9.17, 15) is 0 Å². The van der Waals surface area contributed by atoms with Crippen LogP contribution in [0.1, 0.15) is 42.9 Å². The number of nitrogens with two attached hydrogens (primary N) is 1. The molecule has 1 aliphatic rings. The first-order chi connectivity index (χ1) is 10.3. The molecule has 1 aromatic carbocycles. The molecular formula is C18H23N3. The molecule has 0 spiro atoms. The zero-order chi connectivity index (χ0) is 14.7. The van der Waals surface area contributed by atoms with Gasteiger partial charge in [-0.1, -0.05) is 49.2 Å². The summed E-state index contributed by atoms with van der Waals surface area (Å²) in [5.74, 6) is 0.638. The van der Waals surface area contributed by atoms with Crippen LogP contribution in [0.3, 0.4) is 0 Å². The highest BCUT2D eigenvalue weighted by atomic mass is 14.9. The smallest absolute Gasteiger partial charge is 0.128 e. The standard InChI is InChI=1S/C18H23N3/c1-20-16(15-10-7-13-21-17(15)19)18(11-5-6-12-18)14-8-3-2-4-9-14/h2-4,7-10,13,16,20H,5-6,11-12H2,1H3,(H2,19,21). The number of benzene rings is 1. The van der Waals surface area contributed by atoms with Crippen molar-refractivity contribution in [3.8, 4) is 0 Å². The number of pyridine rings is 1. The Morgan fingerprint density at radius 1 is 1.10 bits per heavy atom. The lowest BCUT2D eigenvalue weighted by Crippen LogP contribution is -2.39. The van der Waals surface area contributed by atoms with E-state index >= 15 is 0 Å². The maximum atomic E-state index is 6.15. The van der Waals surface area contributed by atoms with E-state index in [0.29, 0.717) is 5.82 Å². The van der Waals surface area contributed by atoms with Crippen LogP contribution in [0, 0.1) is 0 Å². The third-order valence-electron chi connectivity index (χ3n) is 4.87. The summed E-state index contributed by atoms with van der Waals surface area (Å²) >= 11 is 0. The van der Waals surface area contributed by atoms with Crippen LogP contribution in [0.25, 0.3) is 0 Å². The van der Waals surface area contributed by atoms with Gasteiger partial charge < -0.3 is 11.1 Å². The fourth-order valence-corrected chi connectivity index (χ4v) is 3.92. The monoisotopic (exact) mass is 281 g/mol. The van der Waals surface area contributed by atoms with Gasteiger partial charge in [-0.25, -0.2) is 4.98 Å². The summed E-state index contributed by atoms with van der Waals surface area (Å²) in [6.07, 6.45) is 6.68. The van der Waals surface area contributed by atoms with Crippen LogP contribution in [0.15, 0.2) is 48.7 Å². The van der Waals surface area contributed by atoms with Crippen molar-refractivity contribution in [2.75, 3.05) is 12.8 Å². The van der Waals surface area contributed by atoms with E-state index in [1.54, 1.807) is 6.20 Å². The van der Waals surface area contributed by atoms with Crippen LogP contribution < -0.4 is 11.1 Å². The summed E-state index contributed by atoms with van der Waals surface area (Å²) in [4.78, 5) is 4.28. The van der Waals surface area contributed by atoms with Crippen molar-refractivity contribution in [2.24, 2.45) is 0 Å². The number of rotatable bonds is 4. The van der Waals surface area contributed by atoms with Crippen LogP contribution in [0.4, 0.5) is 5.82 Å². The van der Waals surface area contributed by atoms with Gasteiger partial charge in [0.05, 0.1) is 0 Å². The minimum absolute atomic E-state index is 0.118.